The lowest BCUT2D eigenvalue weighted by atomic mass is 11.5. The highest BCUT2D eigenvalue weighted by atomic mass is 35.5. The average molecular weight is 107 g/mol. The molecule has 0 N–H and O–H groups in total. The van der Waals surface area contributed by atoms with Gasteiger partial charge < -0.3 is 4.74 Å². The summed E-state index contributed by atoms with van der Waals surface area (Å²) in [6.45, 7) is 0. The van der Waals surface area contributed by atoms with Crippen molar-refractivity contribution in [1.29, 1.82) is 0 Å². The number of hydrogen-bond acceptors (Lipinski definition) is 1. The van der Waals surface area contributed by atoms with E-state index in [0.29, 0.717) is 6.07 Å². The largest absolute Gasteiger partial charge is 0.369 e. The maximum Gasteiger partial charge on any atom is 0.120 e. The molecule has 0 aromatic carbocycles. The molecule has 0 aliphatic heterocycles. The molecule has 0 aromatic heterocycles. The summed E-state index contributed by atoms with van der Waals surface area (Å²) in [5, 5.41) is 0. The average Bonchev–Trinajstić information content (AvgIpc) is 1.37. The summed E-state index contributed by atoms with van der Waals surface area (Å²) < 4.78 is 4.31. The quantitative estimate of drug-likeness (QED) is 0.349. The zero-order chi connectivity index (χ0) is 3.41. The zero-order valence-electron chi connectivity index (χ0n) is 3.07. The highest BCUT2D eigenvalue weighted by molar-refractivity contribution is 6.17. The molecule has 0 spiro atoms. The topological polar surface area (TPSA) is 9.23 Å². The van der Waals surface area contributed by atoms with Crippen LogP contribution in [0.25, 0.3) is 0 Å². The van der Waals surface area contributed by atoms with Crippen LogP contribution in [0.3, 0.4) is 0 Å². The minimum Gasteiger partial charge on any atom is -0.369 e. The van der Waals surface area contributed by atoms with Gasteiger partial charge in [-0.05, 0) is 0 Å². The summed E-state index contributed by atoms with van der Waals surface area (Å²) in [6.07, 6.45) is 0. The highest BCUT2D eigenvalue weighted by Crippen LogP contribution is 1.66. The Morgan fingerprint density at radius 2 is 2.00 bits per heavy atom. The molecule has 0 saturated heterocycles. The Morgan fingerprint density at radius 1 is 1.80 bits per heavy atom. The van der Waals surface area contributed by atoms with Crippen molar-refractivity contribution in [1.82, 2.24) is 0 Å². The van der Waals surface area contributed by atoms with Crippen LogP contribution in [0, 0.1) is 0 Å². The van der Waals surface area contributed by atoms with E-state index in [1.165, 1.54) is 0 Å². The molecular weight excluding hydrogens is 102 g/mol. The second-order valence-electron chi connectivity index (χ2n) is 0.398. The first kappa shape index (κ1) is 9.24. The predicted molar refractivity (Wildman–Crippen MR) is 23.5 cm³/mol. The van der Waals surface area contributed by atoms with E-state index in [9.17, 15) is 0 Å². The first-order valence-electron chi connectivity index (χ1n) is 0.964. The Morgan fingerprint density at radius 3 is 2.00 bits per heavy atom. The first-order valence-corrected chi connectivity index (χ1v) is 1.50. The van der Waals surface area contributed by atoms with Crippen LogP contribution in [0.2, 0.25) is 0 Å². The molecule has 0 aliphatic rings. The van der Waals surface area contributed by atoms with Crippen LogP contribution in [0.15, 0.2) is 0 Å². The smallest absolute Gasteiger partial charge is 0.120 e. The van der Waals surface area contributed by atoms with Gasteiger partial charge in [-0.1, -0.05) is 11.6 Å². The molecule has 0 aromatic rings. The van der Waals surface area contributed by atoms with Gasteiger partial charge in [0.1, 0.15) is 6.07 Å². The fraction of sp³-hybridized carbons (Fsp3) is 1.00. The second-order valence-corrected chi connectivity index (χ2v) is 0.616. The van der Waals surface area contributed by atoms with Gasteiger partial charge >= 0.3 is 0 Å². The van der Waals surface area contributed by atoms with E-state index >= 15 is 0 Å². The number of hydrogen-bond donors (Lipinski definition) is 0. The summed E-state index contributed by atoms with van der Waals surface area (Å²) in [5.74, 6) is 0. The van der Waals surface area contributed by atoms with Crippen LogP contribution in [0.1, 0.15) is 0 Å². The maximum absolute atomic E-state index is 4.96. The lowest BCUT2D eigenvalue weighted by Gasteiger charge is -1.74. The zero-order valence-corrected chi connectivity index (χ0v) is 4.98. The van der Waals surface area contributed by atoms with Gasteiger partial charge in [0.05, 0.1) is 0 Å². The van der Waals surface area contributed by atoms with E-state index in [1.807, 2.05) is 0 Å². The summed E-state index contributed by atoms with van der Waals surface area (Å²) in [6, 6.07) is 0.292. The number of ether oxygens (including phenoxy) is 1. The van der Waals surface area contributed by atoms with Crippen LogP contribution in [-0.2, 0) is 4.74 Å². The third kappa shape index (κ3) is 11.7. The van der Waals surface area contributed by atoms with E-state index in [-0.39, 0.29) is 17.4 Å². The van der Waals surface area contributed by atoms with Crippen molar-refractivity contribution in [2.24, 2.45) is 0 Å². The standard InChI is InChI=1S/C2H5ClO.Al/c1-4-2-3;/h2H2,1H3;. The van der Waals surface area contributed by atoms with Crippen molar-refractivity contribution in [2.75, 3.05) is 13.2 Å². The summed E-state index contributed by atoms with van der Waals surface area (Å²) >= 11 is 4.96. The molecule has 29 valence electrons. The number of halogens is 1. The fourth-order valence-electron chi connectivity index (χ4n) is 0. The first-order chi connectivity index (χ1) is 1.91. The predicted octanol–water partition coefficient (Wildman–Crippen LogP) is 0.448. The van der Waals surface area contributed by atoms with Crippen molar-refractivity contribution in [3.8, 4) is 0 Å². The molecular formula is C2H5AlClO. The molecule has 0 rings (SSSR count). The Balaban J connectivity index is 0. The van der Waals surface area contributed by atoms with Gasteiger partial charge in [0.25, 0.3) is 0 Å². The van der Waals surface area contributed by atoms with Crippen molar-refractivity contribution in [2.45, 2.75) is 0 Å². The number of rotatable bonds is 1. The fourth-order valence-corrected chi connectivity index (χ4v) is 0. The van der Waals surface area contributed by atoms with Gasteiger partial charge in [-0.2, -0.15) is 0 Å². The lowest BCUT2D eigenvalue weighted by molar-refractivity contribution is 0.254. The molecule has 0 atom stereocenters. The van der Waals surface area contributed by atoms with E-state index in [1.54, 1.807) is 7.11 Å². The lowest BCUT2D eigenvalue weighted by Crippen LogP contribution is -1.68. The van der Waals surface area contributed by atoms with Crippen LogP contribution in [0.5, 0.6) is 0 Å². The minimum absolute atomic E-state index is 0. The summed E-state index contributed by atoms with van der Waals surface area (Å²) in [5.41, 5.74) is 0. The van der Waals surface area contributed by atoms with Gasteiger partial charge in [-0.25, -0.2) is 0 Å². The normalized spacial score (nSPS) is 6.00. The monoisotopic (exact) mass is 107 g/mol. The third-order valence-corrected chi connectivity index (χ3v) is 0.327. The molecule has 0 bridgehead atoms. The Kier molecular flexibility index (Phi) is 16.3. The minimum atomic E-state index is 0. The van der Waals surface area contributed by atoms with Crippen LogP contribution < -0.4 is 0 Å². The number of methoxy groups -OCH3 is 1. The second kappa shape index (κ2) is 8.84. The van der Waals surface area contributed by atoms with E-state index in [2.05, 4.69) is 4.74 Å². The molecule has 3 radical (unpaired) electrons. The third-order valence-electron chi connectivity index (χ3n) is 0.109. The van der Waals surface area contributed by atoms with Crippen molar-refractivity contribution in [3.05, 3.63) is 0 Å². The Labute approximate surface area is 47.4 Å². The molecule has 3 heteroatoms. The molecule has 5 heavy (non-hydrogen) atoms. The van der Waals surface area contributed by atoms with E-state index < -0.39 is 0 Å². The molecule has 0 fully saturated rings. The van der Waals surface area contributed by atoms with Crippen molar-refractivity contribution in [3.63, 3.8) is 0 Å². The Bertz CT molecular complexity index is 11.6. The Hall–Kier alpha value is 0.782. The van der Waals surface area contributed by atoms with Crippen LogP contribution in [0.4, 0.5) is 0 Å². The van der Waals surface area contributed by atoms with Gasteiger partial charge in [0, 0.05) is 24.5 Å². The molecule has 0 heterocycles. The van der Waals surface area contributed by atoms with E-state index in [0.717, 1.165) is 0 Å². The molecule has 0 saturated carbocycles. The highest BCUT2D eigenvalue weighted by Gasteiger charge is 1.54. The van der Waals surface area contributed by atoms with Gasteiger partial charge in [-0.3, -0.25) is 0 Å². The maximum atomic E-state index is 4.96. The molecule has 0 aliphatic carbocycles. The summed E-state index contributed by atoms with van der Waals surface area (Å²) in [4.78, 5) is 0. The van der Waals surface area contributed by atoms with Gasteiger partial charge in [0.2, 0.25) is 0 Å². The van der Waals surface area contributed by atoms with Crippen molar-refractivity contribution < 1.29 is 4.74 Å². The molecule has 0 amide bonds. The van der Waals surface area contributed by atoms with Crippen molar-refractivity contribution >= 4 is 29.0 Å². The van der Waals surface area contributed by atoms with Gasteiger partial charge in [-0.15, -0.1) is 0 Å². The number of alkyl halides is 1. The van der Waals surface area contributed by atoms with Crippen LogP contribution >= 0.6 is 11.6 Å². The SMILES string of the molecule is COCCl.[Al]. The van der Waals surface area contributed by atoms with Crippen LogP contribution in [-0.4, -0.2) is 30.5 Å². The van der Waals surface area contributed by atoms with E-state index in [4.69, 9.17) is 11.6 Å². The molecule has 1 nitrogen and oxygen atoms in total. The summed E-state index contributed by atoms with van der Waals surface area (Å²) in [7, 11) is 1.55. The molecule has 0 unspecified atom stereocenters. The van der Waals surface area contributed by atoms with Gasteiger partial charge in [0.15, 0.2) is 0 Å².